The van der Waals surface area contributed by atoms with Gasteiger partial charge in [0.25, 0.3) is 0 Å². The summed E-state index contributed by atoms with van der Waals surface area (Å²) in [5.41, 5.74) is 5.75. The largest absolute Gasteiger partial charge is 0.368 e. The zero-order chi connectivity index (χ0) is 16.0. The topological polar surface area (TPSA) is 101 Å². The number of rotatable bonds is 6. The highest BCUT2D eigenvalue weighted by atomic mass is 19.1. The molecule has 6 nitrogen and oxygen atoms in total. The molecule has 0 saturated heterocycles. The summed E-state index contributed by atoms with van der Waals surface area (Å²) in [6.07, 6.45) is 0.178. The molecule has 0 fully saturated rings. The molecule has 0 aliphatic heterocycles. The lowest BCUT2D eigenvalue weighted by Crippen LogP contribution is -2.52. The molecule has 1 rings (SSSR count). The molecule has 0 unspecified atom stereocenters. The van der Waals surface area contributed by atoms with Gasteiger partial charge < -0.3 is 16.4 Å². The minimum Gasteiger partial charge on any atom is -0.368 e. The lowest BCUT2D eigenvalue weighted by atomic mass is 10.0. The summed E-state index contributed by atoms with van der Waals surface area (Å²) in [6.45, 7) is 2.73. The maximum absolute atomic E-state index is 12.9. The molecule has 0 radical (unpaired) electrons. The minimum atomic E-state index is -0.866. The van der Waals surface area contributed by atoms with Crippen LogP contribution in [0.25, 0.3) is 0 Å². The van der Waals surface area contributed by atoms with Crippen LogP contribution in [0.15, 0.2) is 24.3 Å². The van der Waals surface area contributed by atoms with Crippen molar-refractivity contribution in [3.63, 3.8) is 0 Å². The highest BCUT2D eigenvalue weighted by molar-refractivity contribution is 5.91. The van der Waals surface area contributed by atoms with Gasteiger partial charge in [-0.3, -0.25) is 14.4 Å². The third kappa shape index (κ3) is 5.60. The summed E-state index contributed by atoms with van der Waals surface area (Å²) in [7, 11) is 0. The van der Waals surface area contributed by atoms with E-state index in [-0.39, 0.29) is 18.1 Å². The van der Waals surface area contributed by atoms with Crippen molar-refractivity contribution in [1.82, 2.24) is 10.6 Å². The average molecular weight is 295 g/mol. The van der Waals surface area contributed by atoms with Crippen LogP contribution >= 0.6 is 0 Å². The third-order valence-corrected chi connectivity index (χ3v) is 2.83. The van der Waals surface area contributed by atoms with Gasteiger partial charge in [0.05, 0.1) is 0 Å². The summed E-state index contributed by atoms with van der Waals surface area (Å²) in [5, 5.41) is 4.90. The Morgan fingerprint density at radius 1 is 1.19 bits per heavy atom. The predicted octanol–water partition coefficient (Wildman–Crippen LogP) is -0.137. The van der Waals surface area contributed by atoms with Gasteiger partial charge in [-0.1, -0.05) is 12.1 Å². The molecule has 0 spiro atoms. The Hall–Kier alpha value is -2.44. The van der Waals surface area contributed by atoms with Crippen molar-refractivity contribution in [3.05, 3.63) is 35.6 Å². The van der Waals surface area contributed by atoms with Gasteiger partial charge >= 0.3 is 0 Å². The predicted molar refractivity (Wildman–Crippen MR) is 74.5 cm³/mol. The number of hydrogen-bond donors (Lipinski definition) is 3. The molecule has 1 aromatic rings. The fraction of sp³-hybridized carbons (Fsp3) is 0.357. The maximum atomic E-state index is 12.9. The molecule has 0 saturated carbocycles. The number of hydrogen-bond acceptors (Lipinski definition) is 3. The molecule has 7 heteroatoms. The zero-order valence-corrected chi connectivity index (χ0v) is 11.9. The number of nitrogens with one attached hydrogen (secondary N) is 2. The molecule has 4 N–H and O–H groups in total. The standard InChI is InChI=1S/C14H18FN3O3/c1-8(13(16)20)17-14(21)12(18-9(2)19)7-10-3-5-11(15)6-4-10/h3-6,8,12H,7H2,1-2H3,(H2,16,20)(H,17,21)(H,18,19)/t8-,12+/m1/s1. The average Bonchev–Trinajstić information content (AvgIpc) is 2.39. The van der Waals surface area contributed by atoms with Gasteiger partial charge in [0.1, 0.15) is 17.9 Å². The van der Waals surface area contributed by atoms with Crippen LogP contribution in [-0.4, -0.2) is 29.8 Å². The second-order valence-electron chi connectivity index (χ2n) is 4.72. The maximum Gasteiger partial charge on any atom is 0.243 e. The molecule has 0 bridgehead atoms. The molecule has 21 heavy (non-hydrogen) atoms. The Morgan fingerprint density at radius 2 is 1.76 bits per heavy atom. The summed E-state index contributed by atoms with van der Waals surface area (Å²) in [4.78, 5) is 34.2. The second kappa shape index (κ2) is 7.37. The highest BCUT2D eigenvalue weighted by Crippen LogP contribution is 2.06. The molecule has 0 aliphatic carbocycles. The van der Waals surface area contributed by atoms with E-state index < -0.39 is 23.9 Å². The number of carbonyl (C=O) groups is 3. The molecule has 0 aliphatic rings. The Morgan fingerprint density at radius 3 is 2.24 bits per heavy atom. The van der Waals surface area contributed by atoms with E-state index in [0.717, 1.165) is 0 Å². The van der Waals surface area contributed by atoms with Crippen LogP contribution in [-0.2, 0) is 20.8 Å². The van der Waals surface area contributed by atoms with E-state index in [1.54, 1.807) is 0 Å². The van der Waals surface area contributed by atoms with Crippen molar-refractivity contribution in [3.8, 4) is 0 Å². The third-order valence-electron chi connectivity index (χ3n) is 2.83. The van der Waals surface area contributed by atoms with E-state index in [1.807, 2.05) is 0 Å². The summed E-state index contributed by atoms with van der Waals surface area (Å²) < 4.78 is 12.9. The van der Waals surface area contributed by atoms with E-state index in [2.05, 4.69) is 10.6 Å². The Bertz CT molecular complexity index is 531. The number of primary amides is 1. The van der Waals surface area contributed by atoms with Crippen molar-refractivity contribution < 1.29 is 18.8 Å². The summed E-state index contributed by atoms with van der Waals surface area (Å²) >= 11 is 0. The molecule has 0 heterocycles. The lowest BCUT2D eigenvalue weighted by molar-refractivity contribution is -0.130. The number of amides is 3. The number of carbonyl (C=O) groups excluding carboxylic acids is 3. The quantitative estimate of drug-likeness (QED) is 0.681. The van der Waals surface area contributed by atoms with Crippen molar-refractivity contribution in [1.29, 1.82) is 0 Å². The first-order chi connectivity index (χ1) is 9.79. The first-order valence-corrected chi connectivity index (χ1v) is 6.41. The summed E-state index contributed by atoms with van der Waals surface area (Å²) in [6, 6.07) is 3.87. The fourth-order valence-electron chi connectivity index (χ4n) is 1.70. The molecule has 2 atom stereocenters. The molecular formula is C14H18FN3O3. The molecule has 1 aromatic carbocycles. The smallest absolute Gasteiger partial charge is 0.243 e. The van der Waals surface area contributed by atoms with E-state index in [4.69, 9.17) is 5.73 Å². The van der Waals surface area contributed by atoms with Crippen LogP contribution < -0.4 is 16.4 Å². The van der Waals surface area contributed by atoms with Crippen molar-refractivity contribution in [2.24, 2.45) is 5.73 Å². The van der Waals surface area contributed by atoms with Crippen LogP contribution in [0.4, 0.5) is 4.39 Å². The van der Waals surface area contributed by atoms with Gasteiger partial charge in [-0.25, -0.2) is 4.39 Å². The zero-order valence-electron chi connectivity index (χ0n) is 11.9. The first-order valence-electron chi connectivity index (χ1n) is 6.41. The Kier molecular flexibility index (Phi) is 5.83. The summed E-state index contributed by atoms with van der Waals surface area (Å²) in [5.74, 6) is -1.97. The number of benzene rings is 1. The molecule has 0 aromatic heterocycles. The minimum absolute atomic E-state index is 0.178. The number of nitrogens with two attached hydrogens (primary N) is 1. The normalized spacial score (nSPS) is 13.1. The van der Waals surface area contributed by atoms with Crippen LogP contribution in [0.2, 0.25) is 0 Å². The van der Waals surface area contributed by atoms with E-state index >= 15 is 0 Å². The first kappa shape index (κ1) is 16.6. The second-order valence-corrected chi connectivity index (χ2v) is 4.72. The van der Waals surface area contributed by atoms with Gasteiger partial charge in [-0.05, 0) is 24.6 Å². The van der Waals surface area contributed by atoms with Crippen LogP contribution in [0.1, 0.15) is 19.4 Å². The van der Waals surface area contributed by atoms with Gasteiger partial charge in [0.2, 0.25) is 17.7 Å². The van der Waals surface area contributed by atoms with E-state index in [1.165, 1.54) is 38.1 Å². The SMILES string of the molecule is CC(=O)N[C@@H](Cc1ccc(F)cc1)C(=O)N[C@H](C)C(N)=O. The van der Waals surface area contributed by atoms with Gasteiger partial charge in [-0.2, -0.15) is 0 Å². The monoisotopic (exact) mass is 295 g/mol. The number of halogens is 1. The van der Waals surface area contributed by atoms with Crippen LogP contribution in [0, 0.1) is 5.82 Å². The Balaban J connectivity index is 2.79. The van der Waals surface area contributed by atoms with Crippen LogP contribution in [0.3, 0.4) is 0 Å². The van der Waals surface area contributed by atoms with Crippen molar-refractivity contribution >= 4 is 17.7 Å². The van der Waals surface area contributed by atoms with Crippen molar-refractivity contribution in [2.75, 3.05) is 0 Å². The van der Waals surface area contributed by atoms with Crippen molar-refractivity contribution in [2.45, 2.75) is 32.4 Å². The van der Waals surface area contributed by atoms with E-state index in [9.17, 15) is 18.8 Å². The van der Waals surface area contributed by atoms with Gasteiger partial charge in [0.15, 0.2) is 0 Å². The molecule has 3 amide bonds. The van der Waals surface area contributed by atoms with Gasteiger partial charge in [-0.15, -0.1) is 0 Å². The Labute approximate surface area is 121 Å². The molecule has 114 valence electrons. The van der Waals surface area contributed by atoms with Gasteiger partial charge in [0, 0.05) is 13.3 Å². The molecular weight excluding hydrogens is 277 g/mol. The van der Waals surface area contributed by atoms with Crippen LogP contribution in [0.5, 0.6) is 0 Å². The fourth-order valence-corrected chi connectivity index (χ4v) is 1.70. The lowest BCUT2D eigenvalue weighted by Gasteiger charge is -2.19. The highest BCUT2D eigenvalue weighted by Gasteiger charge is 2.22. The van der Waals surface area contributed by atoms with E-state index in [0.29, 0.717) is 5.56 Å².